The molecule has 3 aromatic carbocycles. The topological polar surface area (TPSA) is 79.7 Å². The number of para-hydroxylation sites is 1. The number of fused-ring (bicyclic) bond motifs is 3. The second-order valence-electron chi connectivity index (χ2n) is 8.97. The van der Waals surface area contributed by atoms with Crippen LogP contribution in [0.5, 0.6) is 23.0 Å². The predicted molar refractivity (Wildman–Crippen MR) is 140 cm³/mol. The van der Waals surface area contributed by atoms with Gasteiger partial charge in [-0.05, 0) is 49.7 Å². The minimum Gasteiger partial charge on any atom is -0.493 e. The van der Waals surface area contributed by atoms with Crippen LogP contribution in [0, 0.1) is 6.92 Å². The number of nitrogens with zero attached hydrogens (tertiary/aromatic N) is 3. The number of hydrogen-bond acceptors (Lipinski definition) is 7. The van der Waals surface area contributed by atoms with Crippen LogP contribution in [0.25, 0.3) is 5.70 Å². The van der Waals surface area contributed by atoms with Gasteiger partial charge in [0.25, 0.3) is 0 Å². The summed E-state index contributed by atoms with van der Waals surface area (Å²) in [6.07, 6.45) is 1.13. The van der Waals surface area contributed by atoms with Gasteiger partial charge in [-0.25, -0.2) is 4.68 Å². The second kappa shape index (κ2) is 9.20. The maximum Gasteiger partial charge on any atom is 0.226 e. The zero-order valence-electron chi connectivity index (χ0n) is 21.2. The fourth-order valence-corrected chi connectivity index (χ4v) is 5.17. The van der Waals surface area contributed by atoms with Crippen LogP contribution in [-0.2, 0) is 0 Å². The Kier molecular flexibility index (Phi) is 5.71. The first kappa shape index (κ1) is 23.0. The van der Waals surface area contributed by atoms with E-state index in [1.54, 1.807) is 20.5 Å². The van der Waals surface area contributed by atoms with E-state index in [4.69, 9.17) is 18.9 Å². The van der Waals surface area contributed by atoms with Crippen molar-refractivity contribution in [2.45, 2.75) is 26.0 Å². The van der Waals surface area contributed by atoms with E-state index in [1.165, 1.54) is 0 Å². The van der Waals surface area contributed by atoms with Crippen LogP contribution < -0.4 is 24.3 Å². The summed E-state index contributed by atoms with van der Waals surface area (Å²) in [7, 11) is 3.27. The van der Waals surface area contributed by atoms with Crippen LogP contribution in [0.1, 0.15) is 41.3 Å². The largest absolute Gasteiger partial charge is 0.493 e. The summed E-state index contributed by atoms with van der Waals surface area (Å²) in [5.74, 6) is 3.54. The molecular formula is C29H28N4O4. The number of anilines is 1. The number of nitrogens with one attached hydrogen (secondary N) is 1. The third-order valence-corrected chi connectivity index (χ3v) is 6.79. The fourth-order valence-electron chi connectivity index (χ4n) is 5.17. The highest BCUT2D eigenvalue weighted by Gasteiger charge is 2.42. The highest BCUT2D eigenvalue weighted by atomic mass is 16.5. The Morgan fingerprint density at radius 2 is 1.81 bits per heavy atom. The second-order valence-corrected chi connectivity index (χ2v) is 8.97. The number of hydrogen-bond donors (Lipinski definition) is 1. The van der Waals surface area contributed by atoms with Gasteiger partial charge in [0.15, 0.2) is 17.6 Å². The van der Waals surface area contributed by atoms with Gasteiger partial charge in [-0.1, -0.05) is 35.9 Å². The smallest absolute Gasteiger partial charge is 0.226 e. The van der Waals surface area contributed by atoms with Crippen LogP contribution in [0.2, 0.25) is 0 Å². The molecule has 8 heteroatoms. The van der Waals surface area contributed by atoms with Crippen molar-refractivity contribution < 1.29 is 18.9 Å². The fraction of sp³-hybridized carbons (Fsp3) is 0.241. The van der Waals surface area contributed by atoms with Crippen LogP contribution >= 0.6 is 0 Å². The first-order valence-corrected chi connectivity index (χ1v) is 12.2. The number of benzene rings is 3. The van der Waals surface area contributed by atoms with Gasteiger partial charge in [0.05, 0.1) is 26.5 Å². The molecule has 188 valence electrons. The lowest BCUT2D eigenvalue weighted by Crippen LogP contribution is -2.32. The van der Waals surface area contributed by atoms with Crippen molar-refractivity contribution in [1.29, 1.82) is 0 Å². The molecule has 37 heavy (non-hydrogen) atoms. The molecule has 2 atom stereocenters. The molecule has 0 bridgehead atoms. The average molecular weight is 497 g/mol. The van der Waals surface area contributed by atoms with Crippen molar-refractivity contribution in [3.05, 3.63) is 94.8 Å². The van der Waals surface area contributed by atoms with Gasteiger partial charge in [-0.2, -0.15) is 10.1 Å². The molecule has 0 saturated carbocycles. The van der Waals surface area contributed by atoms with Gasteiger partial charge in [-0.15, -0.1) is 0 Å². The number of rotatable bonds is 6. The SMILES string of the molecule is CCOc1ccccc1[C@@H]1Oc2ccc(C)cc2C2=C1[C@@H](c1ccc(OC)c(OC)c1)n1ncnc1N2. The Bertz CT molecular complexity index is 1510. The van der Waals surface area contributed by atoms with Crippen LogP contribution in [0.3, 0.4) is 0 Å². The molecule has 8 nitrogen and oxygen atoms in total. The van der Waals surface area contributed by atoms with Gasteiger partial charge in [-0.3, -0.25) is 0 Å². The van der Waals surface area contributed by atoms with E-state index in [-0.39, 0.29) is 6.04 Å². The van der Waals surface area contributed by atoms with E-state index >= 15 is 0 Å². The third-order valence-electron chi connectivity index (χ3n) is 6.79. The Balaban J connectivity index is 1.63. The first-order valence-electron chi connectivity index (χ1n) is 12.2. The van der Waals surface area contributed by atoms with E-state index in [9.17, 15) is 0 Å². The lowest BCUT2D eigenvalue weighted by molar-refractivity contribution is 0.215. The van der Waals surface area contributed by atoms with Crippen molar-refractivity contribution in [3.63, 3.8) is 0 Å². The minimum atomic E-state index is -0.434. The van der Waals surface area contributed by atoms with E-state index in [2.05, 4.69) is 40.5 Å². The molecule has 0 amide bonds. The lowest BCUT2D eigenvalue weighted by atomic mass is 9.84. The van der Waals surface area contributed by atoms with Gasteiger partial charge in [0, 0.05) is 16.7 Å². The minimum absolute atomic E-state index is 0.318. The Morgan fingerprint density at radius 3 is 2.62 bits per heavy atom. The van der Waals surface area contributed by atoms with Crippen LogP contribution in [0.15, 0.2) is 72.6 Å². The predicted octanol–water partition coefficient (Wildman–Crippen LogP) is 5.56. The van der Waals surface area contributed by atoms with Crippen molar-refractivity contribution >= 4 is 11.6 Å². The van der Waals surface area contributed by atoms with E-state index in [0.717, 1.165) is 45.0 Å². The van der Waals surface area contributed by atoms with Crippen LogP contribution in [0.4, 0.5) is 5.95 Å². The summed E-state index contributed by atoms with van der Waals surface area (Å²) >= 11 is 0. The molecule has 6 rings (SSSR count). The summed E-state index contributed by atoms with van der Waals surface area (Å²) in [5, 5.41) is 8.17. The summed E-state index contributed by atoms with van der Waals surface area (Å²) in [6, 6.07) is 19.9. The highest BCUT2D eigenvalue weighted by Crippen LogP contribution is 2.52. The molecule has 3 heterocycles. The molecule has 0 saturated heterocycles. The number of aryl methyl sites for hydroxylation is 1. The molecule has 0 aliphatic carbocycles. The van der Waals surface area contributed by atoms with Crippen molar-refractivity contribution in [2.24, 2.45) is 0 Å². The van der Waals surface area contributed by atoms with Crippen molar-refractivity contribution in [3.8, 4) is 23.0 Å². The molecule has 0 radical (unpaired) electrons. The normalized spacial score (nSPS) is 17.6. The number of methoxy groups -OCH3 is 2. The molecule has 0 fully saturated rings. The zero-order valence-corrected chi connectivity index (χ0v) is 21.2. The molecule has 0 spiro atoms. The lowest BCUT2D eigenvalue weighted by Gasteiger charge is -2.39. The third kappa shape index (κ3) is 3.76. The molecule has 1 N–H and O–H groups in total. The van der Waals surface area contributed by atoms with Gasteiger partial charge in [0.1, 0.15) is 23.9 Å². The maximum atomic E-state index is 6.78. The van der Waals surface area contributed by atoms with Crippen LogP contribution in [-0.4, -0.2) is 35.6 Å². The molecule has 0 unspecified atom stereocenters. The van der Waals surface area contributed by atoms with E-state index < -0.39 is 6.10 Å². The van der Waals surface area contributed by atoms with Gasteiger partial charge < -0.3 is 24.3 Å². The van der Waals surface area contributed by atoms with Gasteiger partial charge >= 0.3 is 0 Å². The zero-order chi connectivity index (χ0) is 25.5. The molecular weight excluding hydrogens is 468 g/mol. The molecule has 2 aliphatic rings. The number of ether oxygens (including phenoxy) is 4. The highest BCUT2D eigenvalue weighted by molar-refractivity contribution is 5.85. The monoisotopic (exact) mass is 496 g/mol. The number of aromatic nitrogens is 3. The molecule has 4 aromatic rings. The Hall–Kier alpha value is -4.46. The molecule has 1 aromatic heterocycles. The summed E-state index contributed by atoms with van der Waals surface area (Å²) < 4.78 is 25.9. The average Bonchev–Trinajstić information content (AvgIpc) is 3.40. The van der Waals surface area contributed by atoms with Gasteiger partial charge in [0.2, 0.25) is 5.95 Å². The Labute approximate surface area is 215 Å². The van der Waals surface area contributed by atoms with Crippen molar-refractivity contribution in [1.82, 2.24) is 14.8 Å². The summed E-state index contributed by atoms with van der Waals surface area (Å²) in [5.41, 5.74) is 6.01. The summed E-state index contributed by atoms with van der Waals surface area (Å²) in [6.45, 7) is 4.61. The summed E-state index contributed by atoms with van der Waals surface area (Å²) in [4.78, 5) is 4.53. The van der Waals surface area contributed by atoms with E-state index in [1.807, 2.05) is 54.1 Å². The van der Waals surface area contributed by atoms with E-state index in [0.29, 0.717) is 24.1 Å². The standard InChI is InChI=1S/C29H28N4O4/c1-5-36-21-9-7-6-8-19(21)28-25-26(20-14-17(2)10-12-22(20)37-28)32-29-30-16-31-33(29)27(25)18-11-13-23(34-3)24(15-18)35-4/h6-16,27-28H,5H2,1-4H3,(H,30,31,32)/t27-,28+/m1/s1. The first-order chi connectivity index (χ1) is 18.1. The Morgan fingerprint density at radius 1 is 0.973 bits per heavy atom. The molecule has 2 aliphatic heterocycles. The quantitative estimate of drug-likeness (QED) is 0.374. The van der Waals surface area contributed by atoms with Crippen molar-refractivity contribution in [2.75, 3.05) is 26.1 Å². The maximum absolute atomic E-state index is 6.78.